The van der Waals surface area contributed by atoms with E-state index in [0.717, 1.165) is 57.0 Å². The van der Waals surface area contributed by atoms with Gasteiger partial charge in [-0.2, -0.15) is 0 Å². The summed E-state index contributed by atoms with van der Waals surface area (Å²) in [6.45, 7) is 6.05. The smallest absolute Gasteiger partial charge is 0.253 e. The van der Waals surface area contributed by atoms with Crippen LogP contribution in [0.1, 0.15) is 42.1 Å². The number of rotatable bonds is 9. The molecule has 8 nitrogen and oxygen atoms in total. The Bertz CT molecular complexity index is 751. The van der Waals surface area contributed by atoms with Crippen LogP contribution in [-0.2, 0) is 11.3 Å². The number of likely N-dealkylation sites (N-methyl/N-ethyl adjacent to an activating group) is 1. The minimum Gasteiger partial charge on any atom is -0.357 e. The molecule has 0 saturated carbocycles. The molecule has 0 radical (unpaired) electrons. The highest BCUT2D eigenvalue weighted by Crippen LogP contribution is 2.18. The summed E-state index contributed by atoms with van der Waals surface area (Å²) in [6, 6.07) is 7.60. The molecule has 180 valence electrons. The van der Waals surface area contributed by atoms with Gasteiger partial charge in [0.15, 0.2) is 5.96 Å². The average molecular weight is 559 g/mol. The van der Waals surface area contributed by atoms with Crippen molar-refractivity contribution in [3.05, 3.63) is 35.4 Å². The van der Waals surface area contributed by atoms with E-state index in [0.29, 0.717) is 12.1 Å². The van der Waals surface area contributed by atoms with E-state index in [9.17, 15) is 9.59 Å². The molecular weight excluding hydrogens is 519 g/mol. The fourth-order valence-corrected chi connectivity index (χ4v) is 3.68. The summed E-state index contributed by atoms with van der Waals surface area (Å²) < 4.78 is 0. The first-order valence-corrected chi connectivity index (χ1v) is 11.1. The maximum atomic E-state index is 12.3. The van der Waals surface area contributed by atoms with E-state index in [1.54, 1.807) is 23.9 Å². The predicted octanol–water partition coefficient (Wildman–Crippen LogP) is 2.00. The highest BCUT2D eigenvalue weighted by atomic mass is 127. The molecule has 1 fully saturated rings. The van der Waals surface area contributed by atoms with E-state index in [1.165, 1.54) is 0 Å². The quantitative estimate of drug-likeness (QED) is 0.210. The Balaban J connectivity index is 0.00000512. The van der Waals surface area contributed by atoms with Crippen molar-refractivity contribution in [2.75, 3.05) is 54.4 Å². The Morgan fingerprint density at radius 2 is 1.78 bits per heavy atom. The highest BCUT2D eigenvalue weighted by Gasteiger charge is 2.30. The molecule has 2 N–H and O–H groups in total. The van der Waals surface area contributed by atoms with Crippen LogP contribution >= 0.6 is 24.0 Å². The van der Waals surface area contributed by atoms with Crippen LogP contribution < -0.4 is 10.6 Å². The van der Waals surface area contributed by atoms with Crippen molar-refractivity contribution >= 4 is 41.8 Å². The molecule has 1 atom stereocenters. The van der Waals surface area contributed by atoms with Crippen LogP contribution in [-0.4, -0.2) is 92.9 Å². The van der Waals surface area contributed by atoms with Gasteiger partial charge in [0.2, 0.25) is 5.91 Å². The fraction of sp³-hybridized carbons (Fsp3) is 0.609. The summed E-state index contributed by atoms with van der Waals surface area (Å²) in [5.41, 5.74) is 1.73. The number of guanidine groups is 1. The van der Waals surface area contributed by atoms with E-state index < -0.39 is 0 Å². The lowest BCUT2D eigenvalue weighted by atomic mass is 10.1. The molecule has 0 spiro atoms. The zero-order valence-electron chi connectivity index (χ0n) is 20.1. The minimum atomic E-state index is -0.00224. The number of aliphatic imine (C=N–C) groups is 1. The summed E-state index contributed by atoms with van der Waals surface area (Å²) in [5, 5.41) is 6.65. The van der Waals surface area contributed by atoms with E-state index in [2.05, 4.69) is 20.5 Å². The molecule has 0 aliphatic carbocycles. The number of halogens is 1. The number of hydrogen-bond acceptors (Lipinski definition) is 4. The summed E-state index contributed by atoms with van der Waals surface area (Å²) in [7, 11) is 7.15. The topological polar surface area (TPSA) is 80.3 Å². The van der Waals surface area contributed by atoms with Crippen LogP contribution in [0.4, 0.5) is 0 Å². The van der Waals surface area contributed by atoms with E-state index in [4.69, 9.17) is 0 Å². The maximum absolute atomic E-state index is 12.3. The van der Waals surface area contributed by atoms with Gasteiger partial charge in [-0.15, -0.1) is 24.0 Å². The molecule has 1 heterocycles. The molecule has 2 rings (SSSR count). The van der Waals surface area contributed by atoms with Gasteiger partial charge in [-0.25, -0.2) is 4.99 Å². The van der Waals surface area contributed by atoms with Crippen LogP contribution in [0.2, 0.25) is 0 Å². The number of benzene rings is 1. The third kappa shape index (κ3) is 8.57. The zero-order valence-corrected chi connectivity index (χ0v) is 22.4. The summed E-state index contributed by atoms with van der Waals surface area (Å²) in [6.07, 6.45) is 2.98. The highest BCUT2D eigenvalue weighted by molar-refractivity contribution is 14.0. The van der Waals surface area contributed by atoms with Gasteiger partial charge in [-0.1, -0.05) is 12.1 Å². The van der Waals surface area contributed by atoms with Gasteiger partial charge in [0, 0.05) is 53.4 Å². The second kappa shape index (κ2) is 14.3. The number of amides is 2. The standard InChI is InChI=1S/C23H38N6O2.HI/c1-6-24-23(26-17-18-10-12-19(13-11-18)21(30)27(2)3)25-14-8-16-29-15-7-9-20(29)22(31)28(4)5;/h10-13,20H,6-9,14-17H2,1-5H3,(H2,24,25,26);1H. The van der Waals surface area contributed by atoms with Crippen molar-refractivity contribution in [1.82, 2.24) is 25.3 Å². The van der Waals surface area contributed by atoms with Gasteiger partial charge < -0.3 is 20.4 Å². The van der Waals surface area contributed by atoms with Crippen LogP contribution in [0.3, 0.4) is 0 Å². The Morgan fingerprint density at radius 1 is 1.09 bits per heavy atom. The molecular formula is C23H39IN6O2. The molecule has 1 unspecified atom stereocenters. The van der Waals surface area contributed by atoms with Gasteiger partial charge in [-0.05, 0) is 50.4 Å². The van der Waals surface area contributed by atoms with Crippen LogP contribution in [0.25, 0.3) is 0 Å². The normalized spacial score (nSPS) is 16.3. The van der Waals surface area contributed by atoms with E-state index in [-0.39, 0.29) is 41.8 Å². The number of nitrogens with zero attached hydrogens (tertiary/aromatic N) is 4. The number of hydrogen-bond donors (Lipinski definition) is 2. The van der Waals surface area contributed by atoms with Crippen LogP contribution in [0.5, 0.6) is 0 Å². The first-order valence-electron chi connectivity index (χ1n) is 11.1. The minimum absolute atomic E-state index is 0. The molecule has 32 heavy (non-hydrogen) atoms. The molecule has 1 aromatic rings. The summed E-state index contributed by atoms with van der Waals surface area (Å²) in [5.74, 6) is 0.981. The van der Waals surface area contributed by atoms with Crippen LogP contribution in [0.15, 0.2) is 29.3 Å². The van der Waals surface area contributed by atoms with Crippen molar-refractivity contribution in [3.63, 3.8) is 0 Å². The number of likely N-dealkylation sites (tertiary alicyclic amines) is 1. The Morgan fingerprint density at radius 3 is 2.38 bits per heavy atom. The van der Waals surface area contributed by atoms with Crippen molar-refractivity contribution in [3.8, 4) is 0 Å². The van der Waals surface area contributed by atoms with E-state index >= 15 is 0 Å². The van der Waals surface area contributed by atoms with Crippen molar-refractivity contribution in [1.29, 1.82) is 0 Å². The largest absolute Gasteiger partial charge is 0.357 e. The first kappa shape index (κ1) is 28.2. The number of nitrogens with one attached hydrogen (secondary N) is 2. The monoisotopic (exact) mass is 558 g/mol. The van der Waals surface area contributed by atoms with E-state index in [1.807, 2.05) is 45.3 Å². The predicted molar refractivity (Wildman–Crippen MR) is 141 cm³/mol. The van der Waals surface area contributed by atoms with Crippen molar-refractivity contribution in [2.45, 2.75) is 38.8 Å². The third-order valence-electron chi connectivity index (χ3n) is 5.38. The molecule has 0 bridgehead atoms. The fourth-order valence-electron chi connectivity index (χ4n) is 3.68. The second-order valence-electron chi connectivity index (χ2n) is 8.30. The van der Waals surface area contributed by atoms with Gasteiger partial charge in [-0.3, -0.25) is 14.5 Å². The second-order valence-corrected chi connectivity index (χ2v) is 8.30. The molecule has 1 aliphatic rings. The van der Waals surface area contributed by atoms with Gasteiger partial charge in [0.25, 0.3) is 5.91 Å². The lowest BCUT2D eigenvalue weighted by Crippen LogP contribution is -2.44. The lowest BCUT2D eigenvalue weighted by molar-refractivity contribution is -0.133. The Labute approximate surface area is 209 Å². The SMILES string of the molecule is CCNC(=NCc1ccc(C(=O)N(C)C)cc1)NCCCN1CCCC1C(=O)N(C)C.I. The van der Waals surface area contributed by atoms with Crippen LogP contribution in [0, 0.1) is 0 Å². The van der Waals surface area contributed by atoms with Gasteiger partial charge >= 0.3 is 0 Å². The Hall–Kier alpha value is -1.88. The molecule has 1 saturated heterocycles. The first-order chi connectivity index (χ1) is 14.8. The zero-order chi connectivity index (χ0) is 22.8. The number of carbonyl (C=O) groups excluding carboxylic acids is 2. The van der Waals surface area contributed by atoms with Crippen molar-refractivity contribution < 1.29 is 9.59 Å². The summed E-state index contributed by atoms with van der Waals surface area (Å²) >= 11 is 0. The Kier molecular flexibility index (Phi) is 12.6. The average Bonchev–Trinajstić information content (AvgIpc) is 3.22. The lowest BCUT2D eigenvalue weighted by Gasteiger charge is -2.26. The van der Waals surface area contributed by atoms with Gasteiger partial charge in [0.1, 0.15) is 0 Å². The molecule has 1 aromatic carbocycles. The number of carbonyl (C=O) groups is 2. The molecule has 1 aliphatic heterocycles. The molecule has 9 heteroatoms. The van der Waals surface area contributed by atoms with Gasteiger partial charge in [0.05, 0.1) is 12.6 Å². The third-order valence-corrected chi connectivity index (χ3v) is 5.38. The molecule has 0 aromatic heterocycles. The van der Waals surface area contributed by atoms with Crippen molar-refractivity contribution in [2.24, 2.45) is 4.99 Å². The maximum Gasteiger partial charge on any atom is 0.253 e. The molecule has 2 amide bonds. The summed E-state index contributed by atoms with van der Waals surface area (Å²) in [4.78, 5) is 34.5.